The molecule has 28 heavy (non-hydrogen) atoms. The van der Waals surface area contributed by atoms with Crippen molar-refractivity contribution in [3.63, 3.8) is 0 Å². The van der Waals surface area contributed by atoms with E-state index < -0.39 is 0 Å². The Morgan fingerprint density at radius 2 is 2.11 bits per heavy atom. The minimum atomic E-state index is 0. The van der Waals surface area contributed by atoms with Crippen molar-refractivity contribution >= 4 is 29.9 Å². The van der Waals surface area contributed by atoms with Gasteiger partial charge < -0.3 is 19.6 Å². The summed E-state index contributed by atoms with van der Waals surface area (Å²) in [6, 6.07) is 4.17. The van der Waals surface area contributed by atoms with Gasteiger partial charge in [0.2, 0.25) is 5.89 Å². The van der Waals surface area contributed by atoms with Gasteiger partial charge in [-0.2, -0.15) is 4.98 Å². The van der Waals surface area contributed by atoms with E-state index in [0.717, 1.165) is 31.4 Å². The molecule has 3 heterocycles. The molecule has 1 saturated heterocycles. The third-order valence-electron chi connectivity index (χ3n) is 4.67. The fourth-order valence-electron chi connectivity index (χ4n) is 3.35. The van der Waals surface area contributed by atoms with Gasteiger partial charge in [0, 0.05) is 19.5 Å². The fourth-order valence-corrected chi connectivity index (χ4v) is 3.35. The van der Waals surface area contributed by atoms with E-state index in [1.165, 1.54) is 19.3 Å². The Morgan fingerprint density at radius 1 is 1.29 bits per heavy atom. The lowest BCUT2D eigenvalue weighted by Gasteiger charge is -2.32. The molecule has 2 aromatic rings. The van der Waals surface area contributed by atoms with E-state index in [4.69, 9.17) is 13.9 Å². The fraction of sp³-hybridized carbons (Fsp3) is 0.632. The summed E-state index contributed by atoms with van der Waals surface area (Å²) in [7, 11) is 0. The van der Waals surface area contributed by atoms with E-state index in [1.807, 2.05) is 19.1 Å². The van der Waals surface area contributed by atoms with E-state index in [2.05, 4.69) is 32.6 Å². The normalized spacial score (nSPS) is 16.4. The highest BCUT2D eigenvalue weighted by molar-refractivity contribution is 14.0. The van der Waals surface area contributed by atoms with Crippen molar-refractivity contribution in [3.05, 3.63) is 35.9 Å². The van der Waals surface area contributed by atoms with E-state index in [1.54, 1.807) is 6.26 Å². The largest absolute Gasteiger partial charge is 0.468 e. The maximum absolute atomic E-state index is 5.70. The number of guanidine groups is 1. The van der Waals surface area contributed by atoms with Crippen LogP contribution in [-0.4, -0.2) is 53.7 Å². The summed E-state index contributed by atoms with van der Waals surface area (Å²) in [5.74, 6) is 3.08. The maximum atomic E-state index is 5.70. The van der Waals surface area contributed by atoms with Crippen LogP contribution in [0.3, 0.4) is 0 Å². The van der Waals surface area contributed by atoms with Crippen molar-refractivity contribution in [1.29, 1.82) is 0 Å². The number of hydrogen-bond acceptors (Lipinski definition) is 6. The van der Waals surface area contributed by atoms with Crippen LogP contribution in [0.15, 0.2) is 32.3 Å². The predicted molar refractivity (Wildman–Crippen MR) is 119 cm³/mol. The van der Waals surface area contributed by atoms with Gasteiger partial charge in [0.05, 0.1) is 18.8 Å². The lowest BCUT2D eigenvalue weighted by Crippen LogP contribution is -2.40. The maximum Gasteiger partial charge on any atom is 0.228 e. The molecule has 0 amide bonds. The minimum absolute atomic E-state index is 0. The third-order valence-corrected chi connectivity index (χ3v) is 4.67. The average molecular weight is 502 g/mol. The first-order chi connectivity index (χ1) is 13.3. The van der Waals surface area contributed by atoms with Crippen LogP contribution >= 0.6 is 24.0 Å². The molecule has 1 aliphatic rings. The Morgan fingerprint density at radius 3 is 2.75 bits per heavy atom. The summed E-state index contributed by atoms with van der Waals surface area (Å²) < 4.78 is 10.9. The van der Waals surface area contributed by atoms with Gasteiger partial charge in [0.25, 0.3) is 0 Å². The minimum Gasteiger partial charge on any atom is -0.468 e. The van der Waals surface area contributed by atoms with Crippen molar-refractivity contribution in [3.8, 4) is 0 Å². The van der Waals surface area contributed by atoms with Gasteiger partial charge in [-0.25, -0.2) is 0 Å². The summed E-state index contributed by atoms with van der Waals surface area (Å²) in [4.78, 5) is 11.5. The number of aromatic nitrogens is 2. The second kappa shape index (κ2) is 12.1. The molecular weight excluding hydrogens is 471 g/mol. The number of rotatable bonds is 8. The standard InChI is InChI=1S/C19H30N6O2.HI/c1-3-20-19(21-10-9-18-23-15(2)24-27-18)22-14-16(17-8-7-13-26-17)25-11-5-4-6-12-25;/h7-8,13,16H,3-6,9-12,14H2,1-2H3,(H2,20,21,22);1H. The van der Waals surface area contributed by atoms with Crippen LogP contribution in [0.5, 0.6) is 0 Å². The zero-order chi connectivity index (χ0) is 18.9. The first-order valence-corrected chi connectivity index (χ1v) is 9.85. The van der Waals surface area contributed by atoms with Gasteiger partial charge in [-0.05, 0) is 51.9 Å². The smallest absolute Gasteiger partial charge is 0.228 e. The van der Waals surface area contributed by atoms with Gasteiger partial charge >= 0.3 is 0 Å². The Labute approximate surface area is 183 Å². The number of halogens is 1. The zero-order valence-electron chi connectivity index (χ0n) is 16.7. The van der Waals surface area contributed by atoms with Crippen molar-refractivity contribution < 1.29 is 8.94 Å². The molecule has 1 atom stereocenters. The molecule has 156 valence electrons. The topological polar surface area (TPSA) is 91.7 Å². The molecule has 0 aromatic carbocycles. The zero-order valence-corrected chi connectivity index (χ0v) is 19.0. The highest BCUT2D eigenvalue weighted by Gasteiger charge is 2.24. The Balaban J connectivity index is 0.00000280. The Bertz CT molecular complexity index is 697. The molecule has 1 unspecified atom stereocenters. The van der Waals surface area contributed by atoms with E-state index in [0.29, 0.717) is 31.2 Å². The van der Waals surface area contributed by atoms with E-state index in [-0.39, 0.29) is 30.0 Å². The van der Waals surface area contributed by atoms with Gasteiger partial charge in [-0.15, -0.1) is 24.0 Å². The second-order valence-electron chi connectivity index (χ2n) is 6.76. The highest BCUT2D eigenvalue weighted by Crippen LogP contribution is 2.25. The van der Waals surface area contributed by atoms with Crippen LogP contribution in [0.2, 0.25) is 0 Å². The van der Waals surface area contributed by atoms with E-state index in [9.17, 15) is 0 Å². The van der Waals surface area contributed by atoms with Crippen LogP contribution in [-0.2, 0) is 6.42 Å². The monoisotopic (exact) mass is 502 g/mol. The molecular formula is C19H31IN6O2. The van der Waals surface area contributed by atoms with Crippen molar-refractivity contribution in [2.24, 2.45) is 4.99 Å². The number of likely N-dealkylation sites (tertiary alicyclic amines) is 1. The molecule has 1 aliphatic heterocycles. The number of aliphatic imine (C=N–C) groups is 1. The SMILES string of the molecule is CCNC(=NCC(c1ccco1)N1CCCCC1)NCCc1nc(C)no1.I. The number of hydrogen-bond donors (Lipinski definition) is 2. The molecule has 2 aromatic heterocycles. The van der Waals surface area contributed by atoms with Crippen LogP contribution in [0, 0.1) is 6.92 Å². The summed E-state index contributed by atoms with van der Waals surface area (Å²) in [6.07, 6.45) is 6.19. The van der Waals surface area contributed by atoms with Crippen LogP contribution in [0.4, 0.5) is 0 Å². The van der Waals surface area contributed by atoms with Crippen LogP contribution in [0.1, 0.15) is 49.7 Å². The molecule has 2 N–H and O–H groups in total. The lowest BCUT2D eigenvalue weighted by atomic mass is 10.1. The van der Waals surface area contributed by atoms with Gasteiger partial charge in [-0.3, -0.25) is 9.89 Å². The quantitative estimate of drug-likeness (QED) is 0.326. The number of nitrogens with one attached hydrogen (secondary N) is 2. The number of piperidine rings is 1. The molecule has 0 radical (unpaired) electrons. The van der Waals surface area contributed by atoms with Crippen molar-refractivity contribution in [2.75, 3.05) is 32.7 Å². The molecule has 9 heteroatoms. The number of furan rings is 1. The molecule has 3 rings (SSSR count). The first kappa shape index (κ1) is 22.7. The molecule has 0 spiro atoms. The molecule has 8 nitrogen and oxygen atoms in total. The highest BCUT2D eigenvalue weighted by atomic mass is 127. The molecule has 1 fully saturated rings. The average Bonchev–Trinajstić information content (AvgIpc) is 3.35. The van der Waals surface area contributed by atoms with Crippen molar-refractivity contribution in [1.82, 2.24) is 25.7 Å². The van der Waals surface area contributed by atoms with Gasteiger partial charge in [-0.1, -0.05) is 11.6 Å². The van der Waals surface area contributed by atoms with Crippen LogP contribution in [0.25, 0.3) is 0 Å². The summed E-state index contributed by atoms with van der Waals surface area (Å²) in [5, 5.41) is 10.5. The first-order valence-electron chi connectivity index (χ1n) is 9.85. The Kier molecular flexibility index (Phi) is 9.76. The summed E-state index contributed by atoms with van der Waals surface area (Å²) in [6.45, 7) is 8.23. The molecule has 0 aliphatic carbocycles. The molecule has 0 saturated carbocycles. The van der Waals surface area contributed by atoms with Gasteiger partial charge in [0.1, 0.15) is 5.76 Å². The van der Waals surface area contributed by atoms with Gasteiger partial charge in [0.15, 0.2) is 11.8 Å². The van der Waals surface area contributed by atoms with E-state index >= 15 is 0 Å². The van der Waals surface area contributed by atoms with Crippen LogP contribution < -0.4 is 10.6 Å². The Hall–Kier alpha value is -1.62. The summed E-state index contributed by atoms with van der Waals surface area (Å²) in [5.41, 5.74) is 0. The van der Waals surface area contributed by atoms with Crippen molar-refractivity contribution in [2.45, 2.75) is 45.6 Å². The third kappa shape index (κ3) is 6.77. The summed E-state index contributed by atoms with van der Waals surface area (Å²) >= 11 is 0. The predicted octanol–water partition coefficient (Wildman–Crippen LogP) is 2.91. The number of nitrogens with zero attached hydrogens (tertiary/aromatic N) is 4. The molecule has 0 bridgehead atoms. The number of aryl methyl sites for hydroxylation is 1. The second-order valence-corrected chi connectivity index (χ2v) is 6.76. The lowest BCUT2D eigenvalue weighted by molar-refractivity contribution is 0.150.